The van der Waals surface area contributed by atoms with E-state index in [1.807, 2.05) is 67.6 Å². The summed E-state index contributed by atoms with van der Waals surface area (Å²) in [5.74, 6) is 2.63. The number of ketones is 1. The maximum Gasteiger partial charge on any atom is 0.324 e. The van der Waals surface area contributed by atoms with Gasteiger partial charge >= 0.3 is 6.03 Å². The summed E-state index contributed by atoms with van der Waals surface area (Å²) in [6.07, 6.45) is 5.36. The number of aryl methyl sites for hydroxylation is 1. The highest BCUT2D eigenvalue weighted by Gasteiger charge is 2.41. The van der Waals surface area contributed by atoms with E-state index < -0.39 is 0 Å². The van der Waals surface area contributed by atoms with Crippen molar-refractivity contribution in [3.05, 3.63) is 95.2 Å². The minimum atomic E-state index is -0.311. The number of ether oxygens (including phenoxy) is 2. The molecule has 7 rings (SSSR count). The van der Waals surface area contributed by atoms with Crippen LogP contribution in [0.5, 0.6) is 11.5 Å². The van der Waals surface area contributed by atoms with Crippen molar-refractivity contribution in [2.24, 2.45) is 5.92 Å². The van der Waals surface area contributed by atoms with Crippen molar-refractivity contribution in [3.63, 3.8) is 0 Å². The van der Waals surface area contributed by atoms with Crippen molar-refractivity contribution in [1.82, 2.24) is 14.7 Å². The number of anilines is 2. The van der Waals surface area contributed by atoms with Crippen LogP contribution in [-0.4, -0.2) is 51.9 Å². The van der Waals surface area contributed by atoms with Gasteiger partial charge in [0.05, 0.1) is 17.9 Å². The molecule has 9 nitrogen and oxygen atoms in total. The van der Waals surface area contributed by atoms with E-state index >= 15 is 0 Å². The number of carbonyl (C=O) groups excluding carboxylic acids is 2. The Bertz CT molecular complexity index is 1780. The molecule has 3 aliphatic rings. The maximum atomic E-state index is 13.2. The maximum absolute atomic E-state index is 13.2. The molecule has 0 saturated carbocycles. The predicted molar refractivity (Wildman–Crippen MR) is 183 cm³/mol. The summed E-state index contributed by atoms with van der Waals surface area (Å²) in [6.45, 7) is 9.03. The van der Waals surface area contributed by atoms with Gasteiger partial charge in [-0.1, -0.05) is 50.6 Å². The molecule has 4 aromatic rings. The van der Waals surface area contributed by atoms with Crippen LogP contribution in [0.3, 0.4) is 0 Å². The van der Waals surface area contributed by atoms with Gasteiger partial charge in [-0.05, 0) is 93.0 Å². The zero-order valence-electron chi connectivity index (χ0n) is 27.6. The van der Waals surface area contributed by atoms with Crippen LogP contribution in [0.1, 0.15) is 73.6 Å². The fourth-order valence-electron chi connectivity index (χ4n) is 7.25. The first-order valence-corrected chi connectivity index (χ1v) is 16.6. The smallest absolute Gasteiger partial charge is 0.324 e. The third-order valence-corrected chi connectivity index (χ3v) is 9.71. The molecule has 47 heavy (non-hydrogen) atoms. The fourth-order valence-corrected chi connectivity index (χ4v) is 7.25. The van der Waals surface area contributed by atoms with Gasteiger partial charge in [0, 0.05) is 34.8 Å². The standard InChI is InChI=1S/C38H43N5O4/c1-24-8-11-29(12-9-24)43-36(21-35(41-43)38(2,3)4)40-37(45)39-28-7-5-6-25(17-28)16-26-18-30-13-14-31(19-26)42(30)22-32(44)27-10-15-33-34(20-27)47-23-46-33/h5-12,15,17,20-21,26,30-31H,13-14,16,18-19,22-23H2,1-4H3,(H2,39,40,45). The zero-order valence-corrected chi connectivity index (χ0v) is 27.6. The van der Waals surface area contributed by atoms with Crippen LogP contribution in [0.15, 0.2) is 72.8 Å². The summed E-state index contributed by atoms with van der Waals surface area (Å²) in [7, 11) is 0. The molecule has 4 heterocycles. The second kappa shape index (κ2) is 12.5. The lowest BCUT2D eigenvalue weighted by atomic mass is 9.85. The van der Waals surface area contributed by atoms with Gasteiger partial charge < -0.3 is 14.8 Å². The summed E-state index contributed by atoms with van der Waals surface area (Å²) < 4.78 is 12.7. The van der Waals surface area contributed by atoms with Crippen molar-refractivity contribution in [2.45, 2.75) is 77.3 Å². The number of urea groups is 1. The number of hydrogen-bond donors (Lipinski definition) is 2. The number of benzene rings is 3. The Balaban J connectivity index is 0.972. The summed E-state index contributed by atoms with van der Waals surface area (Å²) >= 11 is 0. The van der Waals surface area contributed by atoms with E-state index in [0.717, 1.165) is 54.7 Å². The molecular formula is C38H43N5O4. The van der Waals surface area contributed by atoms with Crippen LogP contribution in [-0.2, 0) is 11.8 Å². The molecule has 2 amide bonds. The topological polar surface area (TPSA) is 97.7 Å². The summed E-state index contributed by atoms with van der Waals surface area (Å²) in [4.78, 5) is 28.9. The molecule has 1 aromatic heterocycles. The molecule has 2 atom stereocenters. The molecule has 2 unspecified atom stereocenters. The Morgan fingerprint density at radius 2 is 1.64 bits per heavy atom. The van der Waals surface area contributed by atoms with E-state index in [4.69, 9.17) is 14.6 Å². The number of rotatable bonds is 8. The minimum Gasteiger partial charge on any atom is -0.454 e. The SMILES string of the molecule is Cc1ccc(-n2nc(C(C)(C)C)cc2NC(=O)Nc2cccc(CC3CC4CCC(C3)N4CC(=O)c3ccc4c(c3)OCO4)c2)cc1. The summed E-state index contributed by atoms with van der Waals surface area (Å²) in [5, 5.41) is 10.9. The average molecular weight is 634 g/mol. The molecule has 2 saturated heterocycles. The van der Waals surface area contributed by atoms with Crippen molar-refractivity contribution in [1.29, 1.82) is 0 Å². The Hall–Kier alpha value is -4.63. The lowest BCUT2D eigenvalue weighted by Crippen LogP contribution is -2.45. The van der Waals surface area contributed by atoms with Gasteiger partial charge in [-0.3, -0.25) is 15.0 Å². The van der Waals surface area contributed by atoms with E-state index in [0.29, 0.717) is 47.4 Å². The van der Waals surface area contributed by atoms with Crippen molar-refractivity contribution in [2.75, 3.05) is 24.0 Å². The van der Waals surface area contributed by atoms with Crippen LogP contribution in [0.2, 0.25) is 0 Å². The van der Waals surface area contributed by atoms with E-state index in [1.54, 1.807) is 4.68 Å². The minimum absolute atomic E-state index is 0.132. The second-order valence-electron chi connectivity index (χ2n) is 14.3. The van der Waals surface area contributed by atoms with Crippen LogP contribution in [0, 0.1) is 12.8 Å². The van der Waals surface area contributed by atoms with Crippen molar-refractivity contribution >= 4 is 23.3 Å². The van der Waals surface area contributed by atoms with Gasteiger partial charge in [0.2, 0.25) is 6.79 Å². The number of carbonyl (C=O) groups is 2. The number of amides is 2. The first-order chi connectivity index (χ1) is 22.6. The molecule has 3 aromatic carbocycles. The van der Waals surface area contributed by atoms with Gasteiger partial charge in [-0.25, -0.2) is 9.48 Å². The lowest BCUT2D eigenvalue weighted by Gasteiger charge is -2.38. The Labute approximate surface area is 276 Å². The van der Waals surface area contributed by atoms with Crippen molar-refractivity contribution in [3.8, 4) is 17.2 Å². The van der Waals surface area contributed by atoms with E-state index in [9.17, 15) is 9.59 Å². The van der Waals surface area contributed by atoms with Crippen LogP contribution in [0.4, 0.5) is 16.3 Å². The Morgan fingerprint density at radius 3 is 2.38 bits per heavy atom. The predicted octanol–water partition coefficient (Wildman–Crippen LogP) is 7.52. The van der Waals surface area contributed by atoms with Crippen LogP contribution in [0.25, 0.3) is 5.69 Å². The van der Waals surface area contributed by atoms with Crippen LogP contribution >= 0.6 is 0 Å². The van der Waals surface area contributed by atoms with Gasteiger partial charge in [-0.2, -0.15) is 5.10 Å². The molecule has 0 spiro atoms. The lowest BCUT2D eigenvalue weighted by molar-refractivity contribution is 0.0744. The number of hydrogen-bond acceptors (Lipinski definition) is 6. The number of nitrogens with one attached hydrogen (secondary N) is 2. The third-order valence-electron chi connectivity index (χ3n) is 9.71. The second-order valence-corrected chi connectivity index (χ2v) is 14.3. The molecule has 2 N–H and O–H groups in total. The molecule has 0 radical (unpaired) electrons. The van der Waals surface area contributed by atoms with Crippen molar-refractivity contribution < 1.29 is 19.1 Å². The number of piperidine rings is 1. The highest BCUT2D eigenvalue weighted by Crippen LogP contribution is 2.40. The van der Waals surface area contributed by atoms with E-state index in [2.05, 4.69) is 48.4 Å². The van der Waals surface area contributed by atoms with Gasteiger partial charge in [0.25, 0.3) is 0 Å². The quantitative estimate of drug-likeness (QED) is 0.195. The molecular weight excluding hydrogens is 590 g/mol. The highest BCUT2D eigenvalue weighted by atomic mass is 16.7. The fraction of sp³-hybridized carbons (Fsp3) is 0.395. The molecule has 244 valence electrons. The van der Waals surface area contributed by atoms with Gasteiger partial charge in [-0.15, -0.1) is 0 Å². The number of nitrogens with zero attached hydrogens (tertiary/aromatic N) is 3. The largest absolute Gasteiger partial charge is 0.454 e. The number of fused-ring (bicyclic) bond motifs is 3. The average Bonchev–Trinajstić information content (AvgIpc) is 3.73. The molecule has 2 bridgehead atoms. The highest BCUT2D eigenvalue weighted by molar-refractivity contribution is 5.99. The normalized spacial score (nSPS) is 20.3. The summed E-state index contributed by atoms with van der Waals surface area (Å²) in [6, 6.07) is 24.2. The third kappa shape index (κ3) is 6.76. The summed E-state index contributed by atoms with van der Waals surface area (Å²) in [5.41, 5.74) is 5.42. The van der Waals surface area contributed by atoms with E-state index in [-0.39, 0.29) is 24.0 Å². The molecule has 3 aliphatic heterocycles. The molecule has 0 aliphatic carbocycles. The Kier molecular flexibility index (Phi) is 8.26. The number of aromatic nitrogens is 2. The van der Waals surface area contributed by atoms with Crippen LogP contribution < -0.4 is 20.1 Å². The van der Waals surface area contributed by atoms with Gasteiger partial charge in [0.1, 0.15) is 5.82 Å². The Morgan fingerprint density at radius 1 is 0.894 bits per heavy atom. The molecule has 9 heteroatoms. The zero-order chi connectivity index (χ0) is 32.7. The molecule has 2 fully saturated rings. The number of Topliss-reactive ketones (excluding diaryl/α,β-unsaturated/α-hetero) is 1. The first kappa shape index (κ1) is 31.0. The monoisotopic (exact) mass is 633 g/mol. The first-order valence-electron chi connectivity index (χ1n) is 16.6. The van der Waals surface area contributed by atoms with Gasteiger partial charge in [0.15, 0.2) is 17.3 Å². The van der Waals surface area contributed by atoms with E-state index in [1.165, 1.54) is 5.56 Å².